The van der Waals surface area contributed by atoms with E-state index >= 15 is 0 Å². The molecule has 0 heterocycles. The molecule has 0 aliphatic heterocycles. The number of hydrogen-bond acceptors (Lipinski definition) is 2. The molecule has 0 unspecified atom stereocenters. The molecule has 0 bridgehead atoms. The number of hydrogen-bond donors (Lipinski definition) is 1. The fourth-order valence-corrected chi connectivity index (χ4v) is 0.385. The van der Waals surface area contributed by atoms with Gasteiger partial charge in [0.15, 0.2) is 0 Å². The smallest absolute Gasteiger partial charge is 0.0468 e. The van der Waals surface area contributed by atoms with Crippen LogP contribution in [-0.2, 0) is 0 Å². The van der Waals surface area contributed by atoms with E-state index < -0.39 is 0 Å². The van der Waals surface area contributed by atoms with E-state index in [2.05, 4.69) is 5.84 Å². The molecule has 3 nitrogen and oxygen atoms in total. The Morgan fingerprint density at radius 1 is 0.889 bits per heavy atom. The summed E-state index contributed by atoms with van der Waals surface area (Å²) in [6.07, 6.45) is 0. The van der Waals surface area contributed by atoms with Crippen molar-refractivity contribution in [1.82, 2.24) is 0 Å². The van der Waals surface area contributed by atoms with Gasteiger partial charge in [-0.05, 0) is 0 Å². The molecule has 9 heavy (non-hydrogen) atoms. The Balaban J connectivity index is 0.000000187. The third-order valence-electron chi connectivity index (χ3n) is 0.667. The summed E-state index contributed by atoms with van der Waals surface area (Å²) in [5, 5.41) is 1.75. The van der Waals surface area contributed by atoms with E-state index in [1.165, 1.54) is 0 Å². The van der Waals surface area contributed by atoms with E-state index in [1.54, 1.807) is 5.29 Å². The molecule has 1 aromatic carbocycles. The van der Waals surface area contributed by atoms with Crippen molar-refractivity contribution in [2.24, 2.45) is 11.1 Å². The molecule has 0 spiro atoms. The molecule has 1 rings (SSSR count). The number of nitrogens with two attached hydrogens (primary N) is 1. The van der Waals surface area contributed by atoms with Crippen LogP contribution in [0.3, 0.4) is 0 Å². The number of rotatable bonds is 0. The summed E-state index contributed by atoms with van der Waals surface area (Å²) in [6.45, 7) is 0. The normalized spacial score (nSPS) is 6.67. The molecule has 0 saturated carbocycles. The Morgan fingerprint density at radius 3 is 1.11 bits per heavy atom. The van der Waals surface area contributed by atoms with Crippen LogP contribution in [0.2, 0.25) is 0 Å². The van der Waals surface area contributed by atoms with Crippen LogP contribution in [0.25, 0.3) is 0 Å². The number of nitrogens with zero attached hydrogens (tertiary/aromatic N) is 1. The fourth-order valence-electron chi connectivity index (χ4n) is 0.385. The van der Waals surface area contributed by atoms with Crippen LogP contribution >= 0.6 is 0 Å². The molecule has 0 aliphatic carbocycles. The largest absolute Gasteiger partial charge is 0.287 e. The van der Waals surface area contributed by atoms with Crippen LogP contribution in [0.5, 0.6) is 0 Å². The molecule has 0 atom stereocenters. The van der Waals surface area contributed by atoms with Crippen molar-refractivity contribution in [2.45, 2.75) is 0 Å². The third kappa shape index (κ3) is 6.62. The van der Waals surface area contributed by atoms with Gasteiger partial charge in [0, 0.05) is 5.29 Å². The van der Waals surface area contributed by atoms with Gasteiger partial charge in [0.1, 0.15) is 0 Å². The van der Waals surface area contributed by atoms with Crippen LogP contribution in [0.15, 0.2) is 41.7 Å². The van der Waals surface area contributed by atoms with Crippen molar-refractivity contribution in [1.29, 1.82) is 0 Å². The molecule has 3 heteroatoms. The first kappa shape index (κ1) is 7.62. The topological polar surface area (TPSA) is 55.4 Å². The van der Waals surface area contributed by atoms with Gasteiger partial charge in [-0.15, -0.1) is 4.91 Å². The molecule has 1 aromatic rings. The molecule has 0 saturated heterocycles. The molecule has 0 radical (unpaired) electrons. The summed E-state index contributed by atoms with van der Waals surface area (Å²) in [5.74, 6) is 3.92. The molecule has 0 aromatic heterocycles. The lowest BCUT2D eigenvalue weighted by atomic mass is 10.4. The quantitative estimate of drug-likeness (QED) is 0.322. The zero-order chi connectivity index (χ0) is 6.95. The van der Waals surface area contributed by atoms with Crippen molar-refractivity contribution < 1.29 is 0 Å². The highest BCUT2D eigenvalue weighted by Crippen LogP contribution is 1.79. The average molecular weight is 124 g/mol. The van der Waals surface area contributed by atoms with Gasteiger partial charge >= 0.3 is 0 Å². The maximum absolute atomic E-state index is 8.33. The Kier molecular flexibility index (Phi) is 5.60. The summed E-state index contributed by atoms with van der Waals surface area (Å²) < 4.78 is 0. The van der Waals surface area contributed by atoms with E-state index in [0.717, 1.165) is 0 Å². The van der Waals surface area contributed by atoms with Crippen LogP contribution in [0.4, 0.5) is 0 Å². The van der Waals surface area contributed by atoms with Gasteiger partial charge in [0.25, 0.3) is 0 Å². The Morgan fingerprint density at radius 2 is 1.00 bits per heavy atom. The molecule has 48 valence electrons. The van der Waals surface area contributed by atoms with E-state index in [-0.39, 0.29) is 0 Å². The Bertz CT molecular complexity index is 114. The lowest BCUT2D eigenvalue weighted by molar-refractivity contribution is 1.23. The summed E-state index contributed by atoms with van der Waals surface area (Å²) in [5.41, 5.74) is 0. The monoisotopic (exact) mass is 124 g/mol. The lowest BCUT2D eigenvalue weighted by Gasteiger charge is -1.69. The van der Waals surface area contributed by atoms with Crippen molar-refractivity contribution >= 4 is 0 Å². The van der Waals surface area contributed by atoms with Crippen LogP contribution < -0.4 is 5.84 Å². The molecule has 0 fully saturated rings. The zero-order valence-electron chi connectivity index (χ0n) is 4.90. The lowest BCUT2D eigenvalue weighted by Crippen LogP contribution is -1.66. The van der Waals surface area contributed by atoms with Gasteiger partial charge in [0.05, 0.1) is 0 Å². The van der Waals surface area contributed by atoms with Gasteiger partial charge in [0.2, 0.25) is 0 Å². The van der Waals surface area contributed by atoms with Gasteiger partial charge < -0.3 is 0 Å². The fraction of sp³-hybridized carbons (Fsp3) is 0. The first-order valence-electron chi connectivity index (χ1n) is 2.44. The molecule has 0 amide bonds. The first-order valence-corrected chi connectivity index (χ1v) is 2.44. The minimum Gasteiger partial charge on any atom is -0.287 e. The highest BCUT2D eigenvalue weighted by molar-refractivity contribution is 4.99. The Labute approximate surface area is 53.4 Å². The summed E-state index contributed by atoms with van der Waals surface area (Å²) >= 11 is 0. The average Bonchev–Trinajstić information content (AvgIpc) is 1.93. The standard InChI is InChI=1S/C6H6.H2N2O/c1-2-4-6-5-3-1;1-2-3/h1-6H;(H2,1,3). The minimum atomic E-state index is 1.75. The van der Waals surface area contributed by atoms with Crippen molar-refractivity contribution in [2.75, 3.05) is 0 Å². The van der Waals surface area contributed by atoms with Gasteiger partial charge in [-0.2, -0.15) is 0 Å². The van der Waals surface area contributed by atoms with Crippen LogP contribution in [-0.4, -0.2) is 0 Å². The minimum absolute atomic E-state index is 1.75. The Hall–Kier alpha value is -1.38. The second kappa shape index (κ2) is 6.62. The van der Waals surface area contributed by atoms with Crippen LogP contribution in [0, 0.1) is 4.91 Å². The molecular weight excluding hydrogens is 116 g/mol. The predicted octanol–water partition coefficient (Wildman–Crippen LogP) is 1.31. The highest BCUT2D eigenvalue weighted by Gasteiger charge is 1.57. The highest BCUT2D eigenvalue weighted by atomic mass is 16.3. The van der Waals surface area contributed by atoms with Crippen molar-refractivity contribution in [3.05, 3.63) is 41.3 Å². The molecule has 0 aliphatic rings. The first-order chi connectivity index (χ1) is 4.41. The van der Waals surface area contributed by atoms with E-state index in [1.807, 2.05) is 36.4 Å². The van der Waals surface area contributed by atoms with Crippen molar-refractivity contribution in [3.63, 3.8) is 0 Å². The third-order valence-corrected chi connectivity index (χ3v) is 0.667. The maximum atomic E-state index is 8.33. The summed E-state index contributed by atoms with van der Waals surface area (Å²) in [7, 11) is 0. The second-order valence-electron chi connectivity index (χ2n) is 1.26. The number of benzene rings is 1. The zero-order valence-corrected chi connectivity index (χ0v) is 4.90. The van der Waals surface area contributed by atoms with Gasteiger partial charge in [-0.3, -0.25) is 5.84 Å². The van der Waals surface area contributed by atoms with E-state index in [9.17, 15) is 0 Å². The van der Waals surface area contributed by atoms with Crippen molar-refractivity contribution in [3.8, 4) is 0 Å². The molecule has 2 N–H and O–H groups in total. The number of nitroso groups, excluding NO2 is 1. The molecular formula is C6H8N2O. The maximum Gasteiger partial charge on any atom is 0.0468 e. The summed E-state index contributed by atoms with van der Waals surface area (Å²) in [4.78, 5) is 8.33. The summed E-state index contributed by atoms with van der Waals surface area (Å²) in [6, 6.07) is 12.0. The van der Waals surface area contributed by atoms with E-state index in [4.69, 9.17) is 4.91 Å². The SMILES string of the molecule is NN=O.c1ccccc1. The second-order valence-corrected chi connectivity index (χ2v) is 1.26. The van der Waals surface area contributed by atoms with Gasteiger partial charge in [-0.25, -0.2) is 0 Å². The van der Waals surface area contributed by atoms with Crippen LogP contribution in [0.1, 0.15) is 0 Å². The van der Waals surface area contributed by atoms with Gasteiger partial charge in [-0.1, -0.05) is 36.4 Å². The predicted molar refractivity (Wildman–Crippen MR) is 36.4 cm³/mol. The van der Waals surface area contributed by atoms with E-state index in [0.29, 0.717) is 0 Å².